The molecule has 0 radical (unpaired) electrons. The molecule has 26 heavy (non-hydrogen) atoms. The quantitative estimate of drug-likeness (QED) is 0.612. The number of ether oxygens (including phenoxy) is 1. The molecule has 0 bridgehead atoms. The van der Waals surface area contributed by atoms with Gasteiger partial charge in [0.15, 0.2) is 0 Å². The SMILES string of the molecule is CC(C)(C)OC(=O)C(C)(NC(c1ccccc1)c1ccccc1)C(=O)O. The smallest absolute Gasteiger partial charge is 0.338 e. The summed E-state index contributed by atoms with van der Waals surface area (Å²) >= 11 is 0. The summed E-state index contributed by atoms with van der Waals surface area (Å²) in [4.78, 5) is 24.6. The fourth-order valence-corrected chi connectivity index (χ4v) is 2.53. The van der Waals surface area contributed by atoms with Crippen molar-refractivity contribution in [1.29, 1.82) is 0 Å². The molecule has 2 aromatic rings. The molecule has 0 aliphatic heterocycles. The molecule has 0 heterocycles. The van der Waals surface area contributed by atoms with Gasteiger partial charge in [0.05, 0.1) is 6.04 Å². The molecule has 0 saturated carbocycles. The third-order valence-electron chi connectivity index (χ3n) is 3.93. The zero-order chi connectivity index (χ0) is 19.4. The van der Waals surface area contributed by atoms with Gasteiger partial charge in [-0.2, -0.15) is 0 Å². The number of carbonyl (C=O) groups is 2. The van der Waals surface area contributed by atoms with E-state index in [4.69, 9.17) is 4.74 Å². The fourth-order valence-electron chi connectivity index (χ4n) is 2.53. The van der Waals surface area contributed by atoms with Crippen LogP contribution in [0.1, 0.15) is 44.9 Å². The van der Waals surface area contributed by atoms with Crippen LogP contribution in [0, 0.1) is 0 Å². The minimum absolute atomic E-state index is 0.481. The first-order valence-electron chi connectivity index (χ1n) is 8.48. The average molecular weight is 355 g/mol. The first-order chi connectivity index (χ1) is 12.1. The Morgan fingerprint density at radius 1 is 0.885 bits per heavy atom. The van der Waals surface area contributed by atoms with Gasteiger partial charge >= 0.3 is 11.9 Å². The molecule has 2 rings (SSSR count). The van der Waals surface area contributed by atoms with Gasteiger partial charge in [0.25, 0.3) is 0 Å². The topological polar surface area (TPSA) is 75.6 Å². The Kier molecular flexibility index (Phi) is 5.83. The van der Waals surface area contributed by atoms with Crippen LogP contribution < -0.4 is 5.32 Å². The van der Waals surface area contributed by atoms with E-state index >= 15 is 0 Å². The number of nitrogens with one attached hydrogen (secondary N) is 1. The van der Waals surface area contributed by atoms with Gasteiger partial charge in [0.1, 0.15) is 5.60 Å². The molecule has 2 aromatic carbocycles. The highest BCUT2D eigenvalue weighted by atomic mass is 16.6. The first kappa shape index (κ1) is 19.7. The largest absolute Gasteiger partial charge is 0.479 e. The summed E-state index contributed by atoms with van der Waals surface area (Å²) < 4.78 is 5.35. The Hall–Kier alpha value is -2.66. The summed E-state index contributed by atoms with van der Waals surface area (Å²) in [5, 5.41) is 12.8. The van der Waals surface area contributed by atoms with Crippen LogP contribution in [0.4, 0.5) is 0 Å². The second kappa shape index (κ2) is 7.70. The number of carboxylic acid groups (broad SMARTS) is 1. The average Bonchev–Trinajstić information content (AvgIpc) is 2.59. The van der Waals surface area contributed by atoms with Crippen LogP contribution in [0.2, 0.25) is 0 Å². The Balaban J connectivity index is 2.44. The molecule has 0 aliphatic rings. The van der Waals surface area contributed by atoms with Gasteiger partial charge in [-0.25, -0.2) is 9.59 Å². The van der Waals surface area contributed by atoms with Crippen molar-refractivity contribution in [2.75, 3.05) is 0 Å². The molecule has 0 amide bonds. The molecule has 5 nitrogen and oxygen atoms in total. The molecule has 2 N–H and O–H groups in total. The summed E-state index contributed by atoms with van der Waals surface area (Å²) in [5.74, 6) is -2.11. The van der Waals surface area contributed by atoms with Crippen LogP contribution in [0.15, 0.2) is 60.7 Å². The van der Waals surface area contributed by atoms with E-state index in [2.05, 4.69) is 5.32 Å². The summed E-state index contributed by atoms with van der Waals surface area (Å²) in [5.41, 5.74) is -0.974. The van der Waals surface area contributed by atoms with E-state index in [0.717, 1.165) is 11.1 Å². The van der Waals surface area contributed by atoms with Crippen molar-refractivity contribution in [3.05, 3.63) is 71.8 Å². The summed E-state index contributed by atoms with van der Waals surface area (Å²) in [6.07, 6.45) is 0. The van der Waals surface area contributed by atoms with Crippen molar-refractivity contribution < 1.29 is 19.4 Å². The van der Waals surface area contributed by atoms with E-state index in [1.54, 1.807) is 20.8 Å². The number of hydrogen-bond donors (Lipinski definition) is 2. The van der Waals surface area contributed by atoms with E-state index in [9.17, 15) is 14.7 Å². The summed E-state index contributed by atoms with van der Waals surface area (Å²) in [6.45, 7) is 6.46. The molecule has 5 heteroatoms. The van der Waals surface area contributed by atoms with Gasteiger partial charge in [-0.05, 0) is 38.8 Å². The molecule has 0 aromatic heterocycles. The van der Waals surface area contributed by atoms with Gasteiger partial charge in [-0.3, -0.25) is 5.32 Å². The maximum atomic E-state index is 12.7. The van der Waals surface area contributed by atoms with Gasteiger partial charge < -0.3 is 9.84 Å². The monoisotopic (exact) mass is 355 g/mol. The van der Waals surface area contributed by atoms with Crippen molar-refractivity contribution in [3.8, 4) is 0 Å². The predicted octanol–water partition coefficient (Wildman–Crippen LogP) is 3.55. The number of benzene rings is 2. The van der Waals surface area contributed by atoms with Crippen LogP contribution in [0.5, 0.6) is 0 Å². The van der Waals surface area contributed by atoms with E-state index in [1.165, 1.54) is 6.92 Å². The molecule has 0 spiro atoms. The second-order valence-electron chi connectivity index (χ2n) is 7.33. The van der Waals surface area contributed by atoms with Crippen molar-refractivity contribution in [1.82, 2.24) is 5.32 Å². The molecule has 1 atom stereocenters. The normalized spacial score (nSPS) is 13.9. The minimum Gasteiger partial charge on any atom is -0.479 e. The zero-order valence-electron chi connectivity index (χ0n) is 15.5. The zero-order valence-corrected chi connectivity index (χ0v) is 15.5. The molecule has 0 aliphatic carbocycles. The lowest BCUT2D eigenvalue weighted by Gasteiger charge is -2.33. The van der Waals surface area contributed by atoms with Crippen LogP contribution in [-0.2, 0) is 14.3 Å². The van der Waals surface area contributed by atoms with Crippen molar-refractivity contribution >= 4 is 11.9 Å². The summed E-state index contributed by atoms with van der Waals surface area (Å²) in [7, 11) is 0. The number of rotatable bonds is 6. The van der Waals surface area contributed by atoms with Crippen molar-refractivity contribution in [3.63, 3.8) is 0 Å². The van der Waals surface area contributed by atoms with E-state index in [0.29, 0.717) is 0 Å². The maximum absolute atomic E-state index is 12.7. The lowest BCUT2D eigenvalue weighted by molar-refractivity contribution is -0.170. The molecular weight excluding hydrogens is 330 g/mol. The Labute approximate surface area is 154 Å². The number of carbonyl (C=O) groups excluding carboxylic acids is 1. The number of carboxylic acids is 1. The van der Waals surface area contributed by atoms with Crippen LogP contribution >= 0.6 is 0 Å². The van der Waals surface area contributed by atoms with Crippen molar-refractivity contribution in [2.24, 2.45) is 0 Å². The van der Waals surface area contributed by atoms with E-state index in [1.807, 2.05) is 60.7 Å². The molecule has 138 valence electrons. The summed E-state index contributed by atoms with van der Waals surface area (Å²) in [6, 6.07) is 18.3. The van der Waals surface area contributed by atoms with Gasteiger partial charge in [0, 0.05) is 0 Å². The van der Waals surface area contributed by atoms with Crippen LogP contribution in [0.3, 0.4) is 0 Å². The Bertz CT molecular complexity index is 713. The van der Waals surface area contributed by atoms with E-state index in [-0.39, 0.29) is 0 Å². The second-order valence-corrected chi connectivity index (χ2v) is 7.33. The Morgan fingerprint density at radius 3 is 1.65 bits per heavy atom. The Morgan fingerprint density at radius 2 is 1.31 bits per heavy atom. The number of hydrogen-bond acceptors (Lipinski definition) is 4. The molecule has 1 unspecified atom stereocenters. The van der Waals surface area contributed by atoms with Gasteiger partial charge in [0.2, 0.25) is 5.54 Å². The minimum atomic E-state index is -1.90. The third-order valence-corrected chi connectivity index (χ3v) is 3.93. The standard InChI is InChI=1S/C21H25NO4/c1-20(2,3)26-19(25)21(4,18(23)24)22-17(15-11-7-5-8-12-15)16-13-9-6-10-14-16/h5-14,17,22H,1-4H3,(H,23,24). The number of esters is 1. The highest BCUT2D eigenvalue weighted by molar-refractivity contribution is 6.03. The van der Waals surface area contributed by atoms with E-state index < -0.39 is 29.1 Å². The maximum Gasteiger partial charge on any atom is 0.338 e. The lowest BCUT2D eigenvalue weighted by Crippen LogP contribution is -2.58. The van der Waals surface area contributed by atoms with Gasteiger partial charge in [-0.1, -0.05) is 60.7 Å². The van der Waals surface area contributed by atoms with Gasteiger partial charge in [-0.15, -0.1) is 0 Å². The highest BCUT2D eigenvalue weighted by Gasteiger charge is 2.46. The van der Waals surface area contributed by atoms with Crippen molar-refractivity contribution in [2.45, 2.75) is 44.9 Å². The third kappa shape index (κ3) is 4.70. The number of aliphatic carboxylic acids is 1. The first-order valence-corrected chi connectivity index (χ1v) is 8.48. The van der Waals surface area contributed by atoms with Crippen LogP contribution in [0.25, 0.3) is 0 Å². The fraction of sp³-hybridized carbons (Fsp3) is 0.333. The molecule has 0 fully saturated rings. The van der Waals surface area contributed by atoms with Crippen LogP contribution in [-0.4, -0.2) is 28.2 Å². The predicted molar refractivity (Wildman–Crippen MR) is 99.7 cm³/mol. The molecule has 0 saturated heterocycles. The highest BCUT2D eigenvalue weighted by Crippen LogP contribution is 2.26. The lowest BCUT2D eigenvalue weighted by atomic mass is 9.93. The molecular formula is C21H25NO4.